The van der Waals surface area contributed by atoms with Crippen LogP contribution in [0.3, 0.4) is 0 Å². The number of hydrogen-bond donors (Lipinski definition) is 0. The molecule has 0 bridgehead atoms. The van der Waals surface area contributed by atoms with Crippen molar-refractivity contribution in [1.29, 1.82) is 0 Å². The molecular formula is C24H26FN3O. The second-order valence-electron chi connectivity index (χ2n) is 7.69. The Kier molecular flexibility index (Phi) is 5.47. The minimum absolute atomic E-state index is 0.147. The zero-order valence-corrected chi connectivity index (χ0v) is 17.0. The zero-order chi connectivity index (χ0) is 20.4. The van der Waals surface area contributed by atoms with Crippen LogP contribution in [0.15, 0.2) is 48.5 Å². The highest BCUT2D eigenvalue weighted by atomic mass is 19.1. The van der Waals surface area contributed by atoms with Gasteiger partial charge in [-0.1, -0.05) is 18.2 Å². The van der Waals surface area contributed by atoms with E-state index in [2.05, 4.69) is 17.9 Å². The lowest BCUT2D eigenvalue weighted by atomic mass is 9.99. The Bertz CT molecular complexity index is 1030. The molecule has 0 aliphatic carbocycles. The maximum atomic E-state index is 13.2. The molecule has 0 saturated carbocycles. The minimum Gasteiger partial charge on any atom is -0.370 e. The van der Waals surface area contributed by atoms with Gasteiger partial charge < -0.3 is 9.80 Å². The summed E-state index contributed by atoms with van der Waals surface area (Å²) in [6, 6.07) is 14.7. The van der Waals surface area contributed by atoms with E-state index in [1.807, 2.05) is 30.0 Å². The molecule has 0 spiro atoms. The molecule has 1 saturated heterocycles. The number of hydrogen-bond acceptors (Lipinski definition) is 3. The number of nitrogens with zero attached hydrogens (tertiary/aromatic N) is 3. The molecule has 4 rings (SSSR count). The van der Waals surface area contributed by atoms with E-state index < -0.39 is 0 Å². The van der Waals surface area contributed by atoms with Gasteiger partial charge in [-0.3, -0.25) is 9.78 Å². The van der Waals surface area contributed by atoms with Crippen LogP contribution in [0.2, 0.25) is 0 Å². The molecule has 150 valence electrons. The molecule has 0 radical (unpaired) electrons. The fraction of sp³-hybridized carbons (Fsp3) is 0.333. The van der Waals surface area contributed by atoms with E-state index in [4.69, 9.17) is 4.98 Å². The standard InChI is InChI=1S/C24H26FN3O/c1-17-21-6-3-4-7-23(21)26-18(2)22(17)16-24(29)28-13-5-12-27(14-15-28)20-10-8-19(25)9-11-20/h3-4,6-11H,5,12-16H2,1-2H3. The highest BCUT2D eigenvalue weighted by Gasteiger charge is 2.21. The predicted molar refractivity (Wildman–Crippen MR) is 115 cm³/mol. The van der Waals surface area contributed by atoms with Gasteiger partial charge in [0.1, 0.15) is 5.82 Å². The minimum atomic E-state index is -0.227. The first-order valence-electron chi connectivity index (χ1n) is 10.2. The van der Waals surface area contributed by atoms with Crippen LogP contribution in [0, 0.1) is 19.7 Å². The van der Waals surface area contributed by atoms with Crippen LogP contribution in [-0.4, -0.2) is 42.0 Å². The van der Waals surface area contributed by atoms with Crippen molar-refractivity contribution in [2.75, 3.05) is 31.1 Å². The van der Waals surface area contributed by atoms with Gasteiger partial charge >= 0.3 is 0 Å². The lowest BCUT2D eigenvalue weighted by Gasteiger charge is -2.24. The number of fused-ring (bicyclic) bond motifs is 1. The number of benzene rings is 2. The average Bonchev–Trinajstić information content (AvgIpc) is 2.98. The molecule has 0 atom stereocenters. The Hall–Kier alpha value is -2.95. The van der Waals surface area contributed by atoms with Crippen molar-refractivity contribution in [3.63, 3.8) is 0 Å². The third-order valence-electron chi connectivity index (χ3n) is 5.85. The Morgan fingerprint density at radius 2 is 1.76 bits per heavy atom. The number of carbonyl (C=O) groups excluding carboxylic acids is 1. The SMILES string of the molecule is Cc1nc2ccccc2c(C)c1CC(=O)N1CCCN(c2ccc(F)cc2)CC1. The third-order valence-corrected chi connectivity index (χ3v) is 5.85. The van der Waals surface area contributed by atoms with Crippen LogP contribution in [-0.2, 0) is 11.2 Å². The summed E-state index contributed by atoms with van der Waals surface area (Å²) >= 11 is 0. The van der Waals surface area contributed by atoms with Crippen molar-refractivity contribution in [2.24, 2.45) is 0 Å². The molecule has 2 aromatic carbocycles. The molecular weight excluding hydrogens is 365 g/mol. The van der Waals surface area contributed by atoms with Crippen LogP contribution in [0.25, 0.3) is 10.9 Å². The third kappa shape index (κ3) is 4.09. The number of aromatic nitrogens is 1. The summed E-state index contributed by atoms with van der Waals surface area (Å²) in [5.74, 6) is -0.0793. The number of amides is 1. The first kappa shape index (κ1) is 19.4. The summed E-state index contributed by atoms with van der Waals surface area (Å²) in [6.07, 6.45) is 1.28. The Balaban J connectivity index is 1.48. The Morgan fingerprint density at radius 1 is 1.00 bits per heavy atom. The van der Waals surface area contributed by atoms with Gasteiger partial charge in [-0.25, -0.2) is 4.39 Å². The number of halogens is 1. The molecule has 3 aromatic rings. The van der Waals surface area contributed by atoms with Crippen LogP contribution in [0.4, 0.5) is 10.1 Å². The van der Waals surface area contributed by atoms with E-state index in [0.29, 0.717) is 13.0 Å². The number of carbonyl (C=O) groups is 1. The van der Waals surface area contributed by atoms with E-state index in [9.17, 15) is 9.18 Å². The normalized spacial score (nSPS) is 14.9. The Morgan fingerprint density at radius 3 is 2.55 bits per heavy atom. The summed E-state index contributed by atoms with van der Waals surface area (Å²) < 4.78 is 13.2. The summed E-state index contributed by atoms with van der Waals surface area (Å²) in [4.78, 5) is 22.0. The second-order valence-corrected chi connectivity index (χ2v) is 7.69. The molecule has 29 heavy (non-hydrogen) atoms. The van der Waals surface area contributed by atoms with E-state index >= 15 is 0 Å². The van der Waals surface area contributed by atoms with Crippen LogP contribution >= 0.6 is 0 Å². The molecule has 1 aliphatic heterocycles. The highest BCUT2D eigenvalue weighted by molar-refractivity contribution is 5.86. The Labute approximate surface area is 171 Å². The van der Waals surface area contributed by atoms with E-state index in [1.54, 1.807) is 12.1 Å². The molecule has 0 unspecified atom stereocenters. The zero-order valence-electron chi connectivity index (χ0n) is 17.0. The summed E-state index contributed by atoms with van der Waals surface area (Å²) in [6.45, 7) is 7.11. The molecule has 0 N–H and O–H groups in total. The summed E-state index contributed by atoms with van der Waals surface area (Å²) in [5, 5.41) is 1.11. The van der Waals surface area contributed by atoms with Gasteiger partial charge in [-0.05, 0) is 61.7 Å². The molecule has 1 fully saturated rings. The maximum Gasteiger partial charge on any atom is 0.227 e. The molecule has 1 aliphatic rings. The van der Waals surface area contributed by atoms with Crippen molar-refractivity contribution in [2.45, 2.75) is 26.7 Å². The van der Waals surface area contributed by atoms with E-state index in [0.717, 1.165) is 59.5 Å². The van der Waals surface area contributed by atoms with Gasteiger partial charge in [0.25, 0.3) is 0 Å². The number of anilines is 1. The average molecular weight is 391 g/mol. The molecule has 2 heterocycles. The van der Waals surface area contributed by atoms with Crippen molar-refractivity contribution >= 4 is 22.5 Å². The van der Waals surface area contributed by atoms with Gasteiger partial charge in [0.05, 0.1) is 11.9 Å². The number of rotatable bonds is 3. The second kappa shape index (κ2) is 8.19. The topological polar surface area (TPSA) is 36.4 Å². The largest absolute Gasteiger partial charge is 0.370 e. The van der Waals surface area contributed by atoms with Crippen LogP contribution in [0.5, 0.6) is 0 Å². The molecule has 1 amide bonds. The number of aryl methyl sites for hydroxylation is 2. The fourth-order valence-corrected chi connectivity index (χ4v) is 4.17. The van der Waals surface area contributed by atoms with Gasteiger partial charge in [-0.15, -0.1) is 0 Å². The number of pyridine rings is 1. The first-order chi connectivity index (χ1) is 14.0. The van der Waals surface area contributed by atoms with Crippen molar-refractivity contribution in [1.82, 2.24) is 9.88 Å². The molecule has 4 nitrogen and oxygen atoms in total. The molecule has 1 aromatic heterocycles. The molecule has 5 heteroatoms. The van der Waals surface area contributed by atoms with Crippen molar-refractivity contribution in [3.05, 3.63) is 71.2 Å². The van der Waals surface area contributed by atoms with Gasteiger partial charge in [-0.2, -0.15) is 0 Å². The van der Waals surface area contributed by atoms with Gasteiger partial charge in [0.15, 0.2) is 0 Å². The smallest absolute Gasteiger partial charge is 0.227 e. The maximum absolute atomic E-state index is 13.2. The highest BCUT2D eigenvalue weighted by Crippen LogP contribution is 2.24. The predicted octanol–water partition coefficient (Wildman–Crippen LogP) is 4.27. The monoisotopic (exact) mass is 391 g/mol. The van der Waals surface area contributed by atoms with Gasteiger partial charge in [0.2, 0.25) is 5.91 Å². The van der Waals surface area contributed by atoms with E-state index in [-0.39, 0.29) is 11.7 Å². The lowest BCUT2D eigenvalue weighted by Crippen LogP contribution is -2.36. The fourth-order valence-electron chi connectivity index (χ4n) is 4.17. The van der Waals surface area contributed by atoms with Crippen molar-refractivity contribution < 1.29 is 9.18 Å². The summed E-state index contributed by atoms with van der Waals surface area (Å²) in [5.41, 5.74) is 5.09. The van der Waals surface area contributed by atoms with Crippen LogP contribution < -0.4 is 4.90 Å². The summed E-state index contributed by atoms with van der Waals surface area (Å²) in [7, 11) is 0. The van der Waals surface area contributed by atoms with Gasteiger partial charge in [0, 0.05) is 42.9 Å². The van der Waals surface area contributed by atoms with Crippen molar-refractivity contribution in [3.8, 4) is 0 Å². The quantitative estimate of drug-likeness (QED) is 0.669. The van der Waals surface area contributed by atoms with Crippen LogP contribution in [0.1, 0.15) is 23.2 Å². The first-order valence-corrected chi connectivity index (χ1v) is 10.2. The number of para-hydroxylation sites is 1. The van der Waals surface area contributed by atoms with E-state index in [1.165, 1.54) is 12.1 Å². The lowest BCUT2D eigenvalue weighted by molar-refractivity contribution is -0.130.